The summed E-state index contributed by atoms with van der Waals surface area (Å²) in [6.07, 6.45) is 3.20. The molecule has 21 heavy (non-hydrogen) atoms. The Bertz CT molecular complexity index is 648. The Balaban J connectivity index is 2.27. The lowest BCUT2D eigenvalue weighted by Crippen LogP contribution is -2.49. The van der Waals surface area contributed by atoms with Crippen molar-refractivity contribution in [1.29, 1.82) is 0 Å². The molecule has 8 heteroatoms. The highest BCUT2D eigenvalue weighted by Gasteiger charge is 2.28. The molecule has 0 aliphatic heterocycles. The van der Waals surface area contributed by atoms with E-state index in [0.29, 0.717) is 6.42 Å². The molecule has 0 heterocycles. The number of rotatable bonds is 4. The Morgan fingerprint density at radius 3 is 2.62 bits per heavy atom. The molecule has 0 saturated heterocycles. The normalized spacial score (nSPS) is 23.0. The number of carbonyl (C=O) groups is 1. The molecule has 6 nitrogen and oxygen atoms in total. The minimum atomic E-state index is -3.93. The van der Waals surface area contributed by atoms with E-state index in [-0.39, 0.29) is 17.0 Å². The van der Waals surface area contributed by atoms with Crippen LogP contribution in [0.1, 0.15) is 36.0 Å². The number of hydrogen-bond acceptors (Lipinski definition) is 4. The average molecular weight is 316 g/mol. The molecule has 0 spiro atoms. The minimum absolute atomic E-state index is 0.270. The summed E-state index contributed by atoms with van der Waals surface area (Å²) in [5, 5.41) is 8.84. The first kappa shape index (κ1) is 15.9. The van der Waals surface area contributed by atoms with Crippen LogP contribution in [0.2, 0.25) is 0 Å². The van der Waals surface area contributed by atoms with Gasteiger partial charge in [-0.15, -0.1) is 0 Å². The number of benzene rings is 1. The van der Waals surface area contributed by atoms with Crippen molar-refractivity contribution < 1.29 is 22.7 Å². The summed E-state index contributed by atoms with van der Waals surface area (Å²) in [6.45, 7) is 0. The van der Waals surface area contributed by atoms with Crippen molar-refractivity contribution >= 4 is 16.0 Å². The van der Waals surface area contributed by atoms with Gasteiger partial charge in [-0.3, -0.25) is 0 Å². The number of hydrogen-bond donors (Lipinski definition) is 3. The van der Waals surface area contributed by atoms with Gasteiger partial charge >= 0.3 is 5.97 Å². The third-order valence-electron chi connectivity index (χ3n) is 3.60. The highest BCUT2D eigenvalue weighted by atomic mass is 32.2. The number of sulfonamides is 1. The van der Waals surface area contributed by atoms with Crippen molar-refractivity contribution in [3.63, 3.8) is 0 Å². The van der Waals surface area contributed by atoms with Crippen LogP contribution in [0.3, 0.4) is 0 Å². The molecule has 0 aromatic heterocycles. The molecule has 1 aliphatic carbocycles. The van der Waals surface area contributed by atoms with Crippen LogP contribution < -0.4 is 10.5 Å². The molecule has 116 valence electrons. The van der Waals surface area contributed by atoms with Gasteiger partial charge in [0.25, 0.3) is 0 Å². The summed E-state index contributed by atoms with van der Waals surface area (Å²) in [7, 11) is -3.93. The second-order valence-electron chi connectivity index (χ2n) is 5.12. The first-order valence-electron chi connectivity index (χ1n) is 6.62. The maximum atomic E-state index is 13.3. The topological polar surface area (TPSA) is 109 Å². The third kappa shape index (κ3) is 3.58. The summed E-state index contributed by atoms with van der Waals surface area (Å²) in [5.74, 6) is -2.49. The van der Waals surface area contributed by atoms with E-state index in [0.717, 1.165) is 37.5 Å². The van der Waals surface area contributed by atoms with Gasteiger partial charge in [-0.25, -0.2) is 22.3 Å². The molecule has 0 amide bonds. The zero-order valence-electron chi connectivity index (χ0n) is 11.3. The van der Waals surface area contributed by atoms with Crippen molar-refractivity contribution in [2.24, 2.45) is 5.73 Å². The van der Waals surface area contributed by atoms with Crippen molar-refractivity contribution in [1.82, 2.24) is 4.72 Å². The van der Waals surface area contributed by atoms with Crippen LogP contribution >= 0.6 is 0 Å². The number of aromatic carboxylic acids is 1. The molecule has 0 radical (unpaired) electrons. The monoisotopic (exact) mass is 316 g/mol. The van der Waals surface area contributed by atoms with Gasteiger partial charge in [0.2, 0.25) is 10.0 Å². The summed E-state index contributed by atoms with van der Waals surface area (Å²) in [6, 6.07) is 2.03. The van der Waals surface area contributed by atoms with Crippen molar-refractivity contribution in [2.45, 2.75) is 42.7 Å². The zero-order valence-corrected chi connectivity index (χ0v) is 12.1. The molecule has 0 bridgehead atoms. The van der Waals surface area contributed by atoms with Crippen LogP contribution in [0, 0.1) is 5.82 Å². The van der Waals surface area contributed by atoms with E-state index in [2.05, 4.69) is 4.72 Å². The molecule has 1 aliphatic rings. The van der Waals surface area contributed by atoms with E-state index in [4.69, 9.17) is 10.8 Å². The number of halogens is 1. The van der Waals surface area contributed by atoms with Crippen LogP contribution in [0.4, 0.5) is 4.39 Å². The van der Waals surface area contributed by atoms with Crippen molar-refractivity contribution in [3.8, 4) is 0 Å². The lowest BCUT2D eigenvalue weighted by atomic mass is 9.92. The quantitative estimate of drug-likeness (QED) is 0.770. The molecule has 1 aromatic rings. The van der Waals surface area contributed by atoms with Crippen LogP contribution in [-0.2, 0) is 10.0 Å². The first-order valence-corrected chi connectivity index (χ1v) is 8.10. The predicted molar refractivity (Wildman–Crippen MR) is 73.9 cm³/mol. The average Bonchev–Trinajstić information content (AvgIpc) is 2.41. The summed E-state index contributed by atoms with van der Waals surface area (Å²) >= 11 is 0. The molecule has 4 N–H and O–H groups in total. The van der Waals surface area contributed by atoms with E-state index >= 15 is 0 Å². The maximum absolute atomic E-state index is 13.3. The Hall–Kier alpha value is -1.51. The lowest BCUT2D eigenvalue weighted by Gasteiger charge is -2.29. The summed E-state index contributed by atoms with van der Waals surface area (Å²) < 4.78 is 40.3. The smallest absolute Gasteiger partial charge is 0.338 e. The summed E-state index contributed by atoms with van der Waals surface area (Å²) in [4.78, 5) is 10.6. The fourth-order valence-electron chi connectivity index (χ4n) is 2.41. The van der Waals surface area contributed by atoms with E-state index < -0.39 is 27.4 Å². The second kappa shape index (κ2) is 6.08. The number of carboxylic acids is 1. The predicted octanol–water partition coefficient (Wildman–Crippen LogP) is 1.07. The Morgan fingerprint density at radius 2 is 2.00 bits per heavy atom. The molecule has 1 fully saturated rings. The van der Waals surface area contributed by atoms with Gasteiger partial charge in [-0.1, -0.05) is 12.8 Å². The standard InChI is InChI=1S/C13H17FN2O4S/c14-10-6-5-8(7-9(10)13(17)18)21(19,20)16-12-4-2-1-3-11(12)15/h5-7,11-12,16H,1-4,15H2,(H,17,18). The highest BCUT2D eigenvalue weighted by Crippen LogP contribution is 2.20. The largest absolute Gasteiger partial charge is 0.478 e. The Morgan fingerprint density at radius 1 is 1.33 bits per heavy atom. The fraction of sp³-hybridized carbons (Fsp3) is 0.462. The third-order valence-corrected chi connectivity index (χ3v) is 5.09. The van der Waals surface area contributed by atoms with Gasteiger partial charge in [-0.2, -0.15) is 0 Å². The SMILES string of the molecule is NC1CCCCC1NS(=O)(=O)c1ccc(F)c(C(=O)O)c1. The number of nitrogens with one attached hydrogen (secondary N) is 1. The fourth-order valence-corrected chi connectivity index (χ4v) is 3.76. The van der Waals surface area contributed by atoms with Gasteiger partial charge in [0, 0.05) is 12.1 Å². The van der Waals surface area contributed by atoms with Crippen molar-refractivity contribution in [3.05, 3.63) is 29.6 Å². The molecule has 1 saturated carbocycles. The number of nitrogens with two attached hydrogens (primary N) is 1. The van der Waals surface area contributed by atoms with Gasteiger partial charge in [-0.05, 0) is 31.0 Å². The van der Waals surface area contributed by atoms with E-state index in [1.165, 1.54) is 0 Å². The van der Waals surface area contributed by atoms with Gasteiger partial charge in [0.15, 0.2) is 0 Å². The van der Waals surface area contributed by atoms with Crippen molar-refractivity contribution in [2.75, 3.05) is 0 Å². The maximum Gasteiger partial charge on any atom is 0.338 e. The molecule has 2 atom stereocenters. The molecule has 1 aromatic carbocycles. The van der Waals surface area contributed by atoms with Crippen LogP contribution in [0.15, 0.2) is 23.1 Å². The van der Waals surface area contributed by atoms with Gasteiger partial charge in [0.05, 0.1) is 10.5 Å². The van der Waals surface area contributed by atoms with Crippen LogP contribution in [0.25, 0.3) is 0 Å². The minimum Gasteiger partial charge on any atom is -0.478 e. The van der Waals surface area contributed by atoms with E-state index in [9.17, 15) is 17.6 Å². The first-order chi connectivity index (χ1) is 9.81. The van der Waals surface area contributed by atoms with E-state index in [1.54, 1.807) is 0 Å². The van der Waals surface area contributed by atoms with Gasteiger partial charge in [0.1, 0.15) is 5.82 Å². The van der Waals surface area contributed by atoms with Crippen LogP contribution in [-0.4, -0.2) is 31.6 Å². The second-order valence-corrected chi connectivity index (χ2v) is 6.84. The zero-order chi connectivity index (χ0) is 15.6. The Labute approximate surface area is 122 Å². The van der Waals surface area contributed by atoms with Crippen LogP contribution in [0.5, 0.6) is 0 Å². The van der Waals surface area contributed by atoms with E-state index in [1.807, 2.05) is 0 Å². The number of carboxylic acid groups (broad SMARTS) is 1. The Kier molecular flexibility index (Phi) is 4.60. The molecule has 2 unspecified atom stereocenters. The highest BCUT2D eigenvalue weighted by molar-refractivity contribution is 7.89. The molecule has 2 rings (SSSR count). The lowest BCUT2D eigenvalue weighted by molar-refractivity contribution is 0.0691. The molecular weight excluding hydrogens is 299 g/mol. The summed E-state index contributed by atoms with van der Waals surface area (Å²) in [5.41, 5.74) is 5.21. The van der Waals surface area contributed by atoms with Gasteiger partial charge < -0.3 is 10.8 Å². The molecular formula is C13H17FN2O4S.